The molecule has 2 rings (SSSR count). The first kappa shape index (κ1) is 7.29. The second-order valence-electron chi connectivity index (χ2n) is 3.68. The molecule has 2 aliphatic carbocycles. The van der Waals surface area contributed by atoms with Crippen LogP contribution in [0.5, 0.6) is 0 Å². The molecule has 0 aliphatic heterocycles. The monoisotopic (exact) mass is 154 g/mol. The van der Waals surface area contributed by atoms with Crippen LogP contribution in [0.4, 0.5) is 0 Å². The van der Waals surface area contributed by atoms with Gasteiger partial charge < -0.3 is 4.74 Å². The van der Waals surface area contributed by atoms with Crippen LogP contribution in [-0.2, 0) is 9.53 Å². The Hall–Kier alpha value is -0.370. The van der Waals surface area contributed by atoms with E-state index in [0.717, 1.165) is 11.8 Å². The summed E-state index contributed by atoms with van der Waals surface area (Å²) in [5.74, 6) is 2.22. The smallest absolute Gasteiger partial charge is 0.162 e. The van der Waals surface area contributed by atoms with Gasteiger partial charge in [-0.2, -0.15) is 0 Å². The molecule has 11 heavy (non-hydrogen) atoms. The lowest BCUT2D eigenvalue weighted by Gasteiger charge is -2.00. The van der Waals surface area contributed by atoms with Crippen LogP contribution in [0.3, 0.4) is 0 Å². The van der Waals surface area contributed by atoms with Gasteiger partial charge in [0.1, 0.15) is 6.61 Å². The summed E-state index contributed by atoms with van der Waals surface area (Å²) in [4.78, 5) is 11.3. The van der Waals surface area contributed by atoms with Gasteiger partial charge in [-0.1, -0.05) is 6.42 Å². The van der Waals surface area contributed by atoms with Crippen LogP contribution in [0.25, 0.3) is 0 Å². The van der Waals surface area contributed by atoms with Gasteiger partial charge in [-0.15, -0.1) is 0 Å². The van der Waals surface area contributed by atoms with Crippen molar-refractivity contribution < 1.29 is 9.53 Å². The molecule has 0 saturated heterocycles. The molecule has 0 heterocycles. The normalized spacial score (nSPS) is 40.3. The third kappa shape index (κ3) is 1.09. The van der Waals surface area contributed by atoms with Crippen molar-refractivity contribution in [1.29, 1.82) is 0 Å². The summed E-state index contributed by atoms with van der Waals surface area (Å²) in [6.45, 7) is 0.331. The summed E-state index contributed by atoms with van der Waals surface area (Å²) in [6.07, 6.45) is 3.90. The van der Waals surface area contributed by atoms with Gasteiger partial charge in [0, 0.05) is 13.0 Å². The lowest BCUT2D eigenvalue weighted by Crippen LogP contribution is -2.11. The number of carbonyl (C=O) groups is 1. The molecule has 2 atom stereocenters. The van der Waals surface area contributed by atoms with E-state index in [2.05, 4.69) is 0 Å². The summed E-state index contributed by atoms with van der Waals surface area (Å²) < 4.78 is 4.82. The van der Waals surface area contributed by atoms with Crippen LogP contribution < -0.4 is 0 Å². The molecule has 2 unspecified atom stereocenters. The van der Waals surface area contributed by atoms with Crippen molar-refractivity contribution in [2.75, 3.05) is 13.7 Å². The first-order valence-corrected chi connectivity index (χ1v) is 4.36. The van der Waals surface area contributed by atoms with E-state index in [1.807, 2.05) is 0 Å². The molecule has 0 bridgehead atoms. The van der Waals surface area contributed by atoms with E-state index < -0.39 is 0 Å². The van der Waals surface area contributed by atoms with E-state index in [1.165, 1.54) is 19.3 Å². The van der Waals surface area contributed by atoms with E-state index in [0.29, 0.717) is 18.3 Å². The minimum Gasteiger partial charge on any atom is -0.377 e. The molecular weight excluding hydrogens is 140 g/mol. The van der Waals surface area contributed by atoms with Gasteiger partial charge in [0.05, 0.1) is 0 Å². The summed E-state index contributed by atoms with van der Waals surface area (Å²) in [6, 6.07) is 0. The number of ketones is 1. The van der Waals surface area contributed by atoms with Crippen LogP contribution in [0.2, 0.25) is 0 Å². The number of hydrogen-bond acceptors (Lipinski definition) is 2. The van der Waals surface area contributed by atoms with Crippen molar-refractivity contribution in [3.63, 3.8) is 0 Å². The SMILES string of the molecule is COCC(=O)C1C2CCCC21. The summed E-state index contributed by atoms with van der Waals surface area (Å²) in [5, 5.41) is 0. The topological polar surface area (TPSA) is 26.3 Å². The molecule has 0 radical (unpaired) electrons. The van der Waals surface area contributed by atoms with E-state index >= 15 is 0 Å². The Morgan fingerprint density at radius 2 is 2.09 bits per heavy atom. The molecule has 2 fully saturated rings. The van der Waals surface area contributed by atoms with Gasteiger partial charge >= 0.3 is 0 Å². The molecular formula is C9H14O2. The molecule has 2 nitrogen and oxygen atoms in total. The Balaban J connectivity index is 1.85. The summed E-state index contributed by atoms with van der Waals surface area (Å²) >= 11 is 0. The van der Waals surface area contributed by atoms with Crippen LogP contribution in [-0.4, -0.2) is 19.5 Å². The third-order valence-electron chi connectivity index (χ3n) is 3.06. The maximum atomic E-state index is 11.3. The van der Waals surface area contributed by atoms with Gasteiger partial charge in [-0.3, -0.25) is 4.79 Å². The molecule has 0 amide bonds. The van der Waals surface area contributed by atoms with Crippen molar-refractivity contribution in [3.8, 4) is 0 Å². The molecule has 0 aromatic rings. The summed E-state index contributed by atoms with van der Waals surface area (Å²) in [7, 11) is 1.59. The molecule has 0 N–H and O–H groups in total. The number of hydrogen-bond donors (Lipinski definition) is 0. The molecule has 2 aliphatic rings. The largest absolute Gasteiger partial charge is 0.377 e. The second-order valence-corrected chi connectivity index (χ2v) is 3.68. The highest BCUT2D eigenvalue weighted by Gasteiger charge is 2.55. The fourth-order valence-corrected chi connectivity index (χ4v) is 2.54. The van der Waals surface area contributed by atoms with Gasteiger partial charge in [-0.05, 0) is 24.7 Å². The molecule has 62 valence electrons. The quantitative estimate of drug-likeness (QED) is 0.611. The number of ether oxygens (including phenoxy) is 1. The molecule has 2 saturated carbocycles. The zero-order chi connectivity index (χ0) is 7.84. The maximum absolute atomic E-state index is 11.3. The first-order chi connectivity index (χ1) is 5.34. The predicted octanol–water partition coefficient (Wildman–Crippen LogP) is 1.25. The molecule has 0 aromatic carbocycles. The number of carbonyl (C=O) groups excluding carboxylic acids is 1. The minimum atomic E-state index is 0.331. The lowest BCUT2D eigenvalue weighted by molar-refractivity contribution is -0.124. The predicted molar refractivity (Wildman–Crippen MR) is 41.2 cm³/mol. The van der Waals surface area contributed by atoms with Crippen LogP contribution in [0.1, 0.15) is 19.3 Å². The highest BCUT2D eigenvalue weighted by atomic mass is 16.5. The molecule has 0 spiro atoms. The van der Waals surface area contributed by atoms with Crippen molar-refractivity contribution >= 4 is 5.78 Å². The summed E-state index contributed by atoms with van der Waals surface area (Å²) in [5.41, 5.74) is 0. The fraction of sp³-hybridized carbons (Fsp3) is 0.889. The first-order valence-electron chi connectivity index (χ1n) is 4.36. The average Bonchev–Trinajstić information content (AvgIpc) is 2.47. The van der Waals surface area contributed by atoms with Gasteiger partial charge in [-0.25, -0.2) is 0 Å². The number of rotatable bonds is 3. The standard InChI is InChI=1S/C9H14O2/c1-11-5-8(10)9-6-3-2-4-7(6)9/h6-7,9H,2-5H2,1H3. The number of methoxy groups -OCH3 is 1. The zero-order valence-corrected chi connectivity index (χ0v) is 6.88. The zero-order valence-electron chi connectivity index (χ0n) is 6.88. The molecule has 0 aromatic heterocycles. The number of fused-ring (bicyclic) bond motifs is 1. The van der Waals surface area contributed by atoms with Crippen molar-refractivity contribution in [3.05, 3.63) is 0 Å². The van der Waals surface area contributed by atoms with Crippen molar-refractivity contribution in [2.24, 2.45) is 17.8 Å². The molecule has 2 heteroatoms. The Morgan fingerprint density at radius 3 is 2.64 bits per heavy atom. The highest BCUT2D eigenvalue weighted by Crippen LogP contribution is 2.57. The van der Waals surface area contributed by atoms with E-state index in [-0.39, 0.29) is 0 Å². The Morgan fingerprint density at radius 1 is 1.45 bits per heavy atom. The van der Waals surface area contributed by atoms with Gasteiger partial charge in [0.15, 0.2) is 5.78 Å². The van der Waals surface area contributed by atoms with Crippen molar-refractivity contribution in [2.45, 2.75) is 19.3 Å². The van der Waals surface area contributed by atoms with E-state index in [1.54, 1.807) is 7.11 Å². The second kappa shape index (κ2) is 2.59. The fourth-order valence-electron chi connectivity index (χ4n) is 2.54. The Kier molecular flexibility index (Phi) is 1.72. The Labute approximate surface area is 66.9 Å². The third-order valence-corrected chi connectivity index (χ3v) is 3.06. The number of Topliss-reactive ketones (excluding diaryl/α,β-unsaturated/α-hetero) is 1. The lowest BCUT2D eigenvalue weighted by atomic mass is 10.1. The highest BCUT2D eigenvalue weighted by molar-refractivity contribution is 5.85. The average molecular weight is 154 g/mol. The minimum absolute atomic E-state index is 0.331. The van der Waals surface area contributed by atoms with Gasteiger partial charge in [0.25, 0.3) is 0 Å². The van der Waals surface area contributed by atoms with E-state index in [9.17, 15) is 4.79 Å². The van der Waals surface area contributed by atoms with Gasteiger partial charge in [0.2, 0.25) is 0 Å². The van der Waals surface area contributed by atoms with E-state index in [4.69, 9.17) is 4.74 Å². The Bertz CT molecular complexity index is 166. The van der Waals surface area contributed by atoms with Crippen LogP contribution in [0.15, 0.2) is 0 Å². The van der Waals surface area contributed by atoms with Crippen LogP contribution in [0, 0.1) is 17.8 Å². The van der Waals surface area contributed by atoms with Crippen molar-refractivity contribution in [1.82, 2.24) is 0 Å². The van der Waals surface area contributed by atoms with Crippen LogP contribution >= 0.6 is 0 Å². The maximum Gasteiger partial charge on any atom is 0.162 e.